The van der Waals surface area contributed by atoms with E-state index in [2.05, 4.69) is 63.9 Å². The Morgan fingerprint density at radius 2 is 1.95 bits per heavy atom. The summed E-state index contributed by atoms with van der Waals surface area (Å²) < 4.78 is 0. The lowest BCUT2D eigenvalue weighted by molar-refractivity contribution is 0.256. The molecular weight excluding hydrogens is 242 g/mol. The van der Waals surface area contributed by atoms with Gasteiger partial charge in [0.15, 0.2) is 0 Å². The molecule has 0 aromatic heterocycles. The molecule has 1 saturated heterocycles. The summed E-state index contributed by atoms with van der Waals surface area (Å²) in [6.45, 7) is 11.7. The molecule has 1 heteroatoms. The lowest BCUT2D eigenvalue weighted by atomic mass is 9.73. The fraction of sp³-hybridized carbons (Fsp3) is 0.684. The normalized spacial score (nSPS) is 25.4. The summed E-state index contributed by atoms with van der Waals surface area (Å²) in [5.74, 6) is 0. The molecule has 0 bridgehead atoms. The first-order valence-corrected chi connectivity index (χ1v) is 8.17. The van der Waals surface area contributed by atoms with Crippen molar-refractivity contribution in [3.63, 3.8) is 0 Å². The first-order chi connectivity index (χ1) is 9.37. The maximum Gasteiger partial charge on any atom is 0.00776 e. The van der Waals surface area contributed by atoms with Crippen molar-refractivity contribution < 1.29 is 0 Å². The minimum atomic E-state index is 0.238. The molecule has 20 heavy (non-hydrogen) atoms. The van der Waals surface area contributed by atoms with Gasteiger partial charge >= 0.3 is 0 Å². The molecule has 1 heterocycles. The van der Waals surface area contributed by atoms with Gasteiger partial charge in [0.1, 0.15) is 0 Å². The minimum absolute atomic E-state index is 0.238. The lowest BCUT2D eigenvalue weighted by Gasteiger charge is -2.36. The zero-order valence-electron chi connectivity index (χ0n) is 14.0. The number of benzene rings is 1. The summed E-state index contributed by atoms with van der Waals surface area (Å²) in [7, 11) is 2.28. The van der Waals surface area contributed by atoms with Gasteiger partial charge in [0.2, 0.25) is 0 Å². The second-order valence-electron chi connectivity index (χ2n) is 7.66. The molecule has 1 aliphatic heterocycles. The van der Waals surface area contributed by atoms with Gasteiger partial charge in [0.05, 0.1) is 0 Å². The van der Waals surface area contributed by atoms with Gasteiger partial charge in [-0.05, 0) is 49.4 Å². The van der Waals surface area contributed by atoms with Crippen molar-refractivity contribution in [3.05, 3.63) is 35.4 Å². The average Bonchev–Trinajstić information content (AvgIpc) is 2.60. The highest BCUT2D eigenvalue weighted by atomic mass is 15.1. The van der Waals surface area contributed by atoms with Crippen molar-refractivity contribution in [2.24, 2.45) is 0 Å². The zero-order valence-corrected chi connectivity index (χ0v) is 14.0. The smallest absolute Gasteiger partial charge is 0.00776 e. The molecule has 1 nitrogen and oxygen atoms in total. The van der Waals surface area contributed by atoms with E-state index in [1.807, 2.05) is 0 Å². The lowest BCUT2D eigenvalue weighted by Crippen LogP contribution is -2.37. The van der Waals surface area contributed by atoms with Crippen molar-refractivity contribution in [1.29, 1.82) is 0 Å². The van der Waals surface area contributed by atoms with E-state index in [-0.39, 0.29) is 5.41 Å². The number of likely N-dealkylation sites (N-methyl/N-ethyl adjacent to an activating group) is 1. The molecule has 0 N–H and O–H groups in total. The van der Waals surface area contributed by atoms with Crippen LogP contribution in [-0.2, 0) is 10.8 Å². The number of likely N-dealkylation sites (tertiary alicyclic amines) is 1. The van der Waals surface area contributed by atoms with Gasteiger partial charge in [-0.1, -0.05) is 58.4 Å². The summed E-state index contributed by atoms with van der Waals surface area (Å²) in [5, 5.41) is 0. The monoisotopic (exact) mass is 273 g/mol. The van der Waals surface area contributed by atoms with Crippen LogP contribution in [0.15, 0.2) is 24.3 Å². The number of rotatable bonds is 2. The van der Waals surface area contributed by atoms with Gasteiger partial charge < -0.3 is 4.90 Å². The van der Waals surface area contributed by atoms with Crippen LogP contribution in [0.4, 0.5) is 0 Å². The number of hydrogen-bond acceptors (Lipinski definition) is 1. The van der Waals surface area contributed by atoms with Crippen LogP contribution in [-0.4, -0.2) is 25.0 Å². The predicted octanol–water partition coefficient (Wildman–Crippen LogP) is 4.75. The molecule has 0 spiro atoms. The van der Waals surface area contributed by atoms with E-state index < -0.39 is 0 Å². The van der Waals surface area contributed by atoms with Crippen LogP contribution in [0.3, 0.4) is 0 Å². The molecule has 1 fully saturated rings. The Morgan fingerprint density at radius 1 is 1.20 bits per heavy atom. The van der Waals surface area contributed by atoms with Crippen LogP contribution < -0.4 is 0 Å². The fourth-order valence-electron chi connectivity index (χ4n) is 3.56. The fourth-order valence-corrected chi connectivity index (χ4v) is 3.56. The third kappa shape index (κ3) is 3.25. The van der Waals surface area contributed by atoms with Crippen LogP contribution in [0.1, 0.15) is 64.5 Å². The van der Waals surface area contributed by atoms with E-state index in [4.69, 9.17) is 0 Å². The molecule has 0 amide bonds. The molecule has 0 radical (unpaired) electrons. The Kier molecular flexibility index (Phi) is 4.59. The van der Waals surface area contributed by atoms with Gasteiger partial charge in [0.25, 0.3) is 0 Å². The second kappa shape index (κ2) is 5.89. The Morgan fingerprint density at radius 3 is 2.60 bits per heavy atom. The van der Waals surface area contributed by atoms with Crippen molar-refractivity contribution in [2.45, 2.75) is 64.2 Å². The highest BCUT2D eigenvalue weighted by Crippen LogP contribution is 2.37. The number of nitrogens with zero attached hydrogens (tertiary/aromatic N) is 1. The Balaban J connectivity index is 2.40. The topological polar surface area (TPSA) is 3.24 Å². The highest BCUT2D eigenvalue weighted by Gasteiger charge is 2.33. The van der Waals surface area contributed by atoms with E-state index in [0.717, 1.165) is 0 Å². The van der Waals surface area contributed by atoms with E-state index in [9.17, 15) is 0 Å². The maximum atomic E-state index is 2.53. The van der Waals surface area contributed by atoms with Crippen molar-refractivity contribution >= 4 is 0 Å². The molecule has 1 unspecified atom stereocenters. The maximum absolute atomic E-state index is 2.53. The third-order valence-electron chi connectivity index (χ3n) is 5.04. The third-order valence-corrected chi connectivity index (χ3v) is 5.04. The first kappa shape index (κ1) is 15.6. The SMILES string of the molecule is CCC1(c2cccc(C(C)(C)C)c2)CCCCN(C)C1. The molecule has 1 aliphatic rings. The highest BCUT2D eigenvalue weighted by molar-refractivity contribution is 5.34. The van der Waals surface area contributed by atoms with E-state index in [1.54, 1.807) is 5.56 Å². The molecule has 2 rings (SSSR count). The van der Waals surface area contributed by atoms with Crippen LogP contribution in [0.5, 0.6) is 0 Å². The Bertz CT molecular complexity index is 443. The predicted molar refractivity (Wildman–Crippen MR) is 88.5 cm³/mol. The quantitative estimate of drug-likeness (QED) is 0.752. The second-order valence-corrected chi connectivity index (χ2v) is 7.66. The first-order valence-electron chi connectivity index (χ1n) is 8.17. The number of hydrogen-bond donors (Lipinski definition) is 0. The van der Waals surface area contributed by atoms with E-state index >= 15 is 0 Å². The summed E-state index contributed by atoms with van der Waals surface area (Å²) in [6, 6.07) is 9.38. The Labute approximate surface area is 125 Å². The van der Waals surface area contributed by atoms with Crippen LogP contribution in [0.25, 0.3) is 0 Å². The summed E-state index contributed by atoms with van der Waals surface area (Å²) in [6.07, 6.45) is 5.28. The van der Waals surface area contributed by atoms with Gasteiger partial charge in [-0.25, -0.2) is 0 Å². The van der Waals surface area contributed by atoms with Crippen molar-refractivity contribution in [1.82, 2.24) is 4.90 Å². The van der Waals surface area contributed by atoms with Crippen LogP contribution in [0.2, 0.25) is 0 Å². The molecule has 1 atom stereocenters. The standard InChI is InChI=1S/C19H31N/c1-6-19(12-7-8-13-20(5)15-19)17-11-9-10-16(14-17)18(2,3)4/h9-11,14H,6-8,12-13,15H2,1-5H3. The zero-order chi connectivity index (χ0) is 14.8. The molecular formula is C19H31N. The van der Waals surface area contributed by atoms with E-state index in [0.29, 0.717) is 5.41 Å². The summed E-state index contributed by atoms with van der Waals surface area (Å²) >= 11 is 0. The van der Waals surface area contributed by atoms with Crippen LogP contribution >= 0.6 is 0 Å². The van der Waals surface area contributed by atoms with Gasteiger partial charge in [-0.3, -0.25) is 0 Å². The van der Waals surface area contributed by atoms with Crippen LogP contribution in [0, 0.1) is 0 Å². The van der Waals surface area contributed by atoms with Crippen molar-refractivity contribution in [2.75, 3.05) is 20.1 Å². The van der Waals surface area contributed by atoms with Gasteiger partial charge in [-0.15, -0.1) is 0 Å². The van der Waals surface area contributed by atoms with Gasteiger partial charge in [0, 0.05) is 12.0 Å². The molecule has 1 aromatic carbocycles. The Hall–Kier alpha value is -0.820. The summed E-state index contributed by atoms with van der Waals surface area (Å²) in [5.41, 5.74) is 3.62. The van der Waals surface area contributed by atoms with Gasteiger partial charge in [-0.2, -0.15) is 0 Å². The molecule has 0 aliphatic carbocycles. The minimum Gasteiger partial charge on any atom is -0.305 e. The van der Waals surface area contributed by atoms with E-state index in [1.165, 1.54) is 44.3 Å². The average molecular weight is 273 g/mol. The largest absolute Gasteiger partial charge is 0.305 e. The molecule has 112 valence electrons. The summed E-state index contributed by atoms with van der Waals surface area (Å²) in [4.78, 5) is 2.53. The van der Waals surface area contributed by atoms with Crippen molar-refractivity contribution in [3.8, 4) is 0 Å². The molecule has 1 aromatic rings. The molecule has 0 saturated carbocycles.